The Morgan fingerprint density at radius 3 is 2.76 bits per heavy atom. The van der Waals surface area contributed by atoms with Crippen molar-refractivity contribution in [1.29, 1.82) is 5.26 Å². The molecule has 0 aromatic carbocycles. The summed E-state index contributed by atoms with van der Waals surface area (Å²) in [4.78, 5) is 12.5. The van der Waals surface area contributed by atoms with Gasteiger partial charge in [0.05, 0.1) is 12.1 Å². The molecule has 17 heavy (non-hydrogen) atoms. The highest BCUT2D eigenvalue weighted by atomic mass is 32.1. The second-order valence-electron chi connectivity index (χ2n) is 4.82. The molecule has 0 atom stereocenters. The van der Waals surface area contributed by atoms with Crippen LogP contribution in [0.1, 0.15) is 31.2 Å². The smallest absolute Gasteiger partial charge is 0.234 e. The average molecular weight is 251 g/mol. The summed E-state index contributed by atoms with van der Waals surface area (Å²) >= 11 is 1.52. The van der Waals surface area contributed by atoms with Crippen LogP contribution < -0.4 is 10.6 Å². The van der Waals surface area contributed by atoms with Gasteiger partial charge in [0.15, 0.2) is 0 Å². The average Bonchev–Trinajstić information content (AvgIpc) is 2.63. The van der Waals surface area contributed by atoms with Gasteiger partial charge in [0.1, 0.15) is 6.07 Å². The first-order valence-corrected chi connectivity index (χ1v) is 6.28. The first kappa shape index (κ1) is 13.7. The van der Waals surface area contributed by atoms with Crippen molar-refractivity contribution in [2.24, 2.45) is 0 Å². The number of hydrogen-bond donors (Lipinski definition) is 2. The number of nitriles is 1. The van der Waals surface area contributed by atoms with Crippen LogP contribution in [-0.4, -0.2) is 18.0 Å². The van der Waals surface area contributed by atoms with Crippen LogP contribution in [0.4, 0.5) is 0 Å². The zero-order valence-corrected chi connectivity index (χ0v) is 11.1. The number of carbonyl (C=O) groups is 1. The van der Waals surface area contributed by atoms with Gasteiger partial charge in [-0.3, -0.25) is 4.79 Å². The molecule has 0 saturated heterocycles. The predicted octanol–water partition coefficient (Wildman–Crippen LogP) is 1.62. The van der Waals surface area contributed by atoms with E-state index in [2.05, 4.69) is 16.7 Å². The number of hydrogen-bond acceptors (Lipinski definition) is 4. The summed E-state index contributed by atoms with van der Waals surface area (Å²) in [5.41, 5.74) is 0.473. The SMILES string of the molecule is CC(C)(C)NC(=O)CNCc1cc(C#N)cs1. The fourth-order valence-corrected chi connectivity index (χ4v) is 2.07. The van der Waals surface area contributed by atoms with Gasteiger partial charge in [-0.05, 0) is 26.8 Å². The van der Waals surface area contributed by atoms with Gasteiger partial charge in [0.25, 0.3) is 0 Å². The summed E-state index contributed by atoms with van der Waals surface area (Å²) in [7, 11) is 0. The molecule has 0 saturated carbocycles. The molecule has 0 radical (unpaired) electrons. The van der Waals surface area contributed by atoms with Gasteiger partial charge in [0.2, 0.25) is 5.91 Å². The molecule has 1 amide bonds. The second-order valence-corrected chi connectivity index (χ2v) is 5.81. The van der Waals surface area contributed by atoms with Crippen LogP contribution in [0.2, 0.25) is 0 Å². The monoisotopic (exact) mass is 251 g/mol. The molecule has 1 aromatic heterocycles. The molecule has 0 aliphatic carbocycles. The van der Waals surface area contributed by atoms with Gasteiger partial charge in [-0.25, -0.2) is 0 Å². The Bertz CT molecular complexity index is 426. The zero-order valence-electron chi connectivity index (χ0n) is 10.3. The Morgan fingerprint density at radius 2 is 2.24 bits per heavy atom. The third-order valence-electron chi connectivity index (χ3n) is 1.88. The summed E-state index contributed by atoms with van der Waals surface area (Å²) in [6, 6.07) is 3.91. The van der Waals surface area contributed by atoms with E-state index in [1.165, 1.54) is 11.3 Å². The molecule has 1 heterocycles. The number of rotatable bonds is 4. The van der Waals surface area contributed by atoms with E-state index in [4.69, 9.17) is 5.26 Å². The van der Waals surface area contributed by atoms with E-state index in [-0.39, 0.29) is 18.0 Å². The molecule has 2 N–H and O–H groups in total. The number of nitrogens with one attached hydrogen (secondary N) is 2. The second kappa shape index (κ2) is 5.80. The van der Waals surface area contributed by atoms with Crippen molar-refractivity contribution in [3.8, 4) is 6.07 Å². The Hall–Kier alpha value is -1.38. The molecule has 0 spiro atoms. The first-order chi connectivity index (χ1) is 7.90. The fourth-order valence-electron chi connectivity index (χ4n) is 1.29. The van der Waals surface area contributed by atoms with E-state index in [9.17, 15) is 4.79 Å². The van der Waals surface area contributed by atoms with Gasteiger partial charge in [-0.15, -0.1) is 11.3 Å². The number of nitrogens with zero attached hydrogens (tertiary/aromatic N) is 1. The third kappa shape index (κ3) is 5.48. The minimum Gasteiger partial charge on any atom is -0.350 e. The van der Waals surface area contributed by atoms with Crippen molar-refractivity contribution in [2.75, 3.05) is 6.54 Å². The quantitative estimate of drug-likeness (QED) is 0.854. The minimum atomic E-state index is -0.199. The van der Waals surface area contributed by atoms with Crippen molar-refractivity contribution >= 4 is 17.2 Å². The van der Waals surface area contributed by atoms with Gasteiger partial charge in [0, 0.05) is 22.3 Å². The summed E-state index contributed by atoms with van der Waals surface area (Å²) < 4.78 is 0. The number of thiophene rings is 1. The highest BCUT2D eigenvalue weighted by molar-refractivity contribution is 7.10. The molecule has 0 unspecified atom stereocenters. The van der Waals surface area contributed by atoms with E-state index in [0.717, 1.165) is 4.88 Å². The molecule has 4 nitrogen and oxygen atoms in total. The van der Waals surface area contributed by atoms with Crippen molar-refractivity contribution in [2.45, 2.75) is 32.9 Å². The van der Waals surface area contributed by atoms with Gasteiger partial charge < -0.3 is 10.6 Å². The van der Waals surface area contributed by atoms with Crippen LogP contribution in [0.15, 0.2) is 11.4 Å². The molecular weight excluding hydrogens is 234 g/mol. The molecule has 0 aliphatic rings. The van der Waals surface area contributed by atoms with Crippen molar-refractivity contribution in [3.05, 3.63) is 21.9 Å². The summed E-state index contributed by atoms with van der Waals surface area (Å²) in [5.74, 6) is -0.0189. The maximum atomic E-state index is 11.5. The van der Waals surface area contributed by atoms with E-state index in [1.807, 2.05) is 32.2 Å². The summed E-state index contributed by atoms with van der Waals surface area (Å²) in [5, 5.41) is 16.4. The molecule has 0 fully saturated rings. The molecule has 1 aromatic rings. The molecule has 92 valence electrons. The Morgan fingerprint density at radius 1 is 1.53 bits per heavy atom. The Kier molecular flexibility index (Phi) is 4.67. The van der Waals surface area contributed by atoms with Gasteiger partial charge >= 0.3 is 0 Å². The van der Waals surface area contributed by atoms with E-state index in [0.29, 0.717) is 12.1 Å². The van der Waals surface area contributed by atoms with Crippen LogP contribution in [0.25, 0.3) is 0 Å². The first-order valence-electron chi connectivity index (χ1n) is 5.40. The van der Waals surface area contributed by atoms with E-state index >= 15 is 0 Å². The number of amides is 1. The summed E-state index contributed by atoms with van der Waals surface area (Å²) in [6.07, 6.45) is 0. The zero-order chi connectivity index (χ0) is 12.9. The largest absolute Gasteiger partial charge is 0.350 e. The normalized spacial score (nSPS) is 10.9. The van der Waals surface area contributed by atoms with E-state index in [1.54, 1.807) is 0 Å². The van der Waals surface area contributed by atoms with Crippen LogP contribution >= 0.6 is 11.3 Å². The van der Waals surface area contributed by atoms with Crippen LogP contribution in [0.5, 0.6) is 0 Å². The predicted molar refractivity (Wildman–Crippen MR) is 68.6 cm³/mol. The lowest BCUT2D eigenvalue weighted by atomic mass is 10.1. The van der Waals surface area contributed by atoms with Crippen LogP contribution in [0.3, 0.4) is 0 Å². The third-order valence-corrected chi connectivity index (χ3v) is 2.82. The molecule has 1 rings (SSSR count). The highest BCUT2D eigenvalue weighted by Gasteiger charge is 2.12. The van der Waals surface area contributed by atoms with Crippen molar-refractivity contribution in [3.63, 3.8) is 0 Å². The highest BCUT2D eigenvalue weighted by Crippen LogP contribution is 2.13. The van der Waals surface area contributed by atoms with Crippen LogP contribution in [-0.2, 0) is 11.3 Å². The Balaban J connectivity index is 2.29. The molecular formula is C12H17N3OS. The number of carbonyl (C=O) groups excluding carboxylic acids is 1. The summed E-state index contributed by atoms with van der Waals surface area (Å²) in [6.45, 7) is 6.75. The van der Waals surface area contributed by atoms with Gasteiger partial charge in [-0.1, -0.05) is 0 Å². The molecule has 5 heteroatoms. The van der Waals surface area contributed by atoms with Crippen molar-refractivity contribution in [1.82, 2.24) is 10.6 Å². The molecule has 0 aliphatic heterocycles. The van der Waals surface area contributed by atoms with Crippen LogP contribution in [0, 0.1) is 11.3 Å². The maximum absolute atomic E-state index is 11.5. The lowest BCUT2D eigenvalue weighted by Crippen LogP contribution is -2.44. The standard InChI is InChI=1S/C12H17N3OS/c1-12(2,3)15-11(16)7-14-6-10-4-9(5-13)8-17-10/h4,8,14H,6-7H2,1-3H3,(H,15,16). The minimum absolute atomic E-state index is 0.0189. The fraction of sp³-hybridized carbons (Fsp3) is 0.500. The maximum Gasteiger partial charge on any atom is 0.234 e. The Labute approximate surface area is 106 Å². The lowest BCUT2D eigenvalue weighted by Gasteiger charge is -2.20. The van der Waals surface area contributed by atoms with Gasteiger partial charge in [-0.2, -0.15) is 5.26 Å². The molecule has 0 bridgehead atoms. The van der Waals surface area contributed by atoms with E-state index < -0.39 is 0 Å². The lowest BCUT2D eigenvalue weighted by molar-refractivity contribution is -0.121. The topological polar surface area (TPSA) is 64.9 Å². The van der Waals surface area contributed by atoms with Crippen molar-refractivity contribution < 1.29 is 4.79 Å².